The largest absolute Gasteiger partial charge is 0.433 e. The van der Waals surface area contributed by atoms with Crippen LogP contribution in [0, 0.1) is 5.92 Å². The second kappa shape index (κ2) is 8.69. The molecule has 11 heteroatoms. The molecule has 0 saturated heterocycles. The fourth-order valence-electron chi connectivity index (χ4n) is 2.94. The zero-order chi connectivity index (χ0) is 22.7. The van der Waals surface area contributed by atoms with Gasteiger partial charge >= 0.3 is 6.18 Å². The van der Waals surface area contributed by atoms with Crippen molar-refractivity contribution in [3.8, 4) is 22.8 Å². The van der Waals surface area contributed by atoms with Crippen LogP contribution in [0.2, 0.25) is 0 Å². The van der Waals surface area contributed by atoms with Gasteiger partial charge in [-0.1, -0.05) is 19.0 Å². The molecule has 0 aliphatic heterocycles. The summed E-state index contributed by atoms with van der Waals surface area (Å²) < 4.78 is 45.9. The van der Waals surface area contributed by atoms with E-state index in [1.165, 1.54) is 12.4 Å². The molecule has 0 aliphatic carbocycles. The molecule has 0 fully saturated rings. The molecule has 4 aromatic rings. The number of nitrogens with one attached hydrogen (secondary N) is 1. The number of aromatic nitrogens is 6. The maximum Gasteiger partial charge on any atom is 0.433 e. The lowest BCUT2D eigenvalue weighted by molar-refractivity contribution is -0.141. The van der Waals surface area contributed by atoms with Crippen LogP contribution in [0.3, 0.4) is 0 Å². The highest BCUT2D eigenvalue weighted by Crippen LogP contribution is 2.33. The lowest BCUT2D eigenvalue weighted by Crippen LogP contribution is -2.19. The number of hydrogen-bond acceptors (Lipinski definition) is 8. The Bertz CT molecular complexity index is 1180. The molecule has 4 rings (SSSR count). The molecule has 1 unspecified atom stereocenters. The Balaban J connectivity index is 1.70. The summed E-state index contributed by atoms with van der Waals surface area (Å²) in [6.45, 7) is 3.75. The normalized spacial score (nSPS) is 12.7. The molecule has 0 aromatic carbocycles. The first-order valence-electron chi connectivity index (χ1n) is 9.68. The van der Waals surface area contributed by atoms with E-state index in [0.717, 1.165) is 6.07 Å². The number of hydrogen-bond donors (Lipinski definition) is 1. The summed E-state index contributed by atoms with van der Waals surface area (Å²) in [6, 6.07) is 6.91. The molecular weight excluding hydrogens is 423 g/mol. The minimum Gasteiger partial charge on any atom is -0.358 e. The Morgan fingerprint density at radius 3 is 2.34 bits per heavy atom. The van der Waals surface area contributed by atoms with E-state index in [-0.39, 0.29) is 23.5 Å². The number of pyridine rings is 2. The van der Waals surface area contributed by atoms with Crippen LogP contribution in [0.5, 0.6) is 0 Å². The van der Waals surface area contributed by atoms with E-state index >= 15 is 0 Å². The molecule has 0 radical (unpaired) electrons. The van der Waals surface area contributed by atoms with Crippen LogP contribution in [-0.4, -0.2) is 30.1 Å². The highest BCUT2D eigenvalue weighted by molar-refractivity contribution is 5.57. The minimum atomic E-state index is -4.65. The summed E-state index contributed by atoms with van der Waals surface area (Å²) in [7, 11) is 0. The average molecular weight is 441 g/mol. The number of rotatable bonds is 6. The van der Waals surface area contributed by atoms with Crippen molar-refractivity contribution in [1.82, 2.24) is 30.1 Å². The Hall–Kier alpha value is -3.89. The lowest BCUT2D eigenvalue weighted by atomic mass is 10.0. The molecule has 4 aromatic heterocycles. The topological polar surface area (TPSA) is 103 Å². The number of nitrogens with zero attached hydrogens (tertiary/aromatic N) is 6. The van der Waals surface area contributed by atoms with Gasteiger partial charge in [0, 0.05) is 42.0 Å². The van der Waals surface area contributed by atoms with Gasteiger partial charge in [0.1, 0.15) is 11.9 Å². The van der Waals surface area contributed by atoms with E-state index in [0.29, 0.717) is 17.0 Å². The van der Waals surface area contributed by atoms with Gasteiger partial charge in [0.2, 0.25) is 11.7 Å². The highest BCUT2D eigenvalue weighted by Gasteiger charge is 2.34. The zero-order valence-electron chi connectivity index (χ0n) is 17.1. The monoisotopic (exact) mass is 441 g/mol. The van der Waals surface area contributed by atoms with Crippen molar-refractivity contribution in [3.63, 3.8) is 0 Å². The van der Waals surface area contributed by atoms with Crippen LogP contribution in [0.25, 0.3) is 22.8 Å². The Morgan fingerprint density at radius 2 is 1.69 bits per heavy atom. The average Bonchev–Trinajstić information content (AvgIpc) is 3.27. The molecular formula is C21H18F3N7O. The molecule has 32 heavy (non-hydrogen) atoms. The summed E-state index contributed by atoms with van der Waals surface area (Å²) in [6.07, 6.45) is 1.47. The van der Waals surface area contributed by atoms with Crippen LogP contribution >= 0.6 is 0 Å². The molecule has 8 nitrogen and oxygen atoms in total. The maximum absolute atomic E-state index is 13.5. The van der Waals surface area contributed by atoms with Crippen LogP contribution in [-0.2, 0) is 6.18 Å². The van der Waals surface area contributed by atoms with E-state index in [9.17, 15) is 13.2 Å². The molecule has 0 amide bonds. The Labute approximate surface area is 181 Å². The molecule has 0 spiro atoms. The van der Waals surface area contributed by atoms with Gasteiger partial charge in [-0.15, -0.1) is 0 Å². The molecule has 1 N–H and O–H groups in total. The molecule has 1 atom stereocenters. The van der Waals surface area contributed by atoms with E-state index in [1.807, 2.05) is 13.8 Å². The van der Waals surface area contributed by atoms with Gasteiger partial charge in [0.05, 0.1) is 0 Å². The van der Waals surface area contributed by atoms with Crippen molar-refractivity contribution < 1.29 is 17.7 Å². The second-order valence-corrected chi connectivity index (χ2v) is 7.26. The van der Waals surface area contributed by atoms with E-state index < -0.39 is 17.9 Å². The van der Waals surface area contributed by atoms with E-state index in [2.05, 4.69) is 35.4 Å². The fraction of sp³-hybridized carbons (Fsp3) is 0.238. The minimum absolute atomic E-state index is 0.0199. The predicted molar refractivity (Wildman–Crippen MR) is 109 cm³/mol. The smallest absolute Gasteiger partial charge is 0.358 e. The van der Waals surface area contributed by atoms with Crippen molar-refractivity contribution in [2.75, 3.05) is 5.32 Å². The van der Waals surface area contributed by atoms with Crippen LogP contribution < -0.4 is 5.32 Å². The fourth-order valence-corrected chi connectivity index (χ4v) is 2.94. The molecule has 164 valence electrons. The van der Waals surface area contributed by atoms with Crippen molar-refractivity contribution in [2.24, 2.45) is 5.92 Å². The van der Waals surface area contributed by atoms with Crippen LogP contribution in [0.1, 0.15) is 31.5 Å². The first-order valence-corrected chi connectivity index (χ1v) is 9.68. The summed E-state index contributed by atoms with van der Waals surface area (Å²) in [5.74, 6) is 0.354. The van der Waals surface area contributed by atoms with E-state index in [1.54, 1.807) is 36.7 Å². The van der Waals surface area contributed by atoms with Crippen molar-refractivity contribution in [3.05, 3.63) is 66.7 Å². The van der Waals surface area contributed by atoms with Crippen molar-refractivity contribution in [2.45, 2.75) is 26.1 Å². The van der Waals surface area contributed by atoms with Crippen molar-refractivity contribution >= 4 is 5.82 Å². The lowest BCUT2D eigenvalue weighted by Gasteiger charge is -2.20. The third-order valence-electron chi connectivity index (χ3n) is 4.55. The van der Waals surface area contributed by atoms with Gasteiger partial charge in [-0.05, 0) is 30.2 Å². The number of alkyl halides is 3. The van der Waals surface area contributed by atoms with Gasteiger partial charge in [0.15, 0.2) is 11.5 Å². The van der Waals surface area contributed by atoms with Crippen LogP contribution in [0.4, 0.5) is 19.0 Å². The number of anilines is 1. The maximum atomic E-state index is 13.5. The van der Waals surface area contributed by atoms with Gasteiger partial charge in [0.25, 0.3) is 0 Å². The van der Waals surface area contributed by atoms with Gasteiger partial charge in [-0.25, -0.2) is 9.97 Å². The third-order valence-corrected chi connectivity index (χ3v) is 4.55. The van der Waals surface area contributed by atoms with Crippen molar-refractivity contribution in [1.29, 1.82) is 0 Å². The second-order valence-electron chi connectivity index (χ2n) is 7.26. The van der Waals surface area contributed by atoms with E-state index in [4.69, 9.17) is 4.52 Å². The quantitative estimate of drug-likeness (QED) is 0.455. The van der Waals surface area contributed by atoms with Gasteiger partial charge in [-0.3, -0.25) is 9.97 Å². The first kappa shape index (κ1) is 21.3. The molecule has 4 heterocycles. The predicted octanol–water partition coefficient (Wildman–Crippen LogP) is 4.81. The summed E-state index contributed by atoms with van der Waals surface area (Å²) in [5.41, 5.74) is -0.00219. The highest BCUT2D eigenvalue weighted by atomic mass is 19.4. The summed E-state index contributed by atoms with van der Waals surface area (Å²) in [5, 5.41) is 6.98. The standard InChI is InChI=1S/C21H18F3N7O/c1-12(2)17(20-30-19(31-32-20)13-5-8-25-9-6-13)28-16-10-15(21(22,23)24)27-18(29-16)14-4-3-7-26-11-14/h3-12,17H,1-2H3,(H,27,28,29). The van der Waals surface area contributed by atoms with Gasteiger partial charge in [-0.2, -0.15) is 18.2 Å². The summed E-state index contributed by atoms with van der Waals surface area (Å²) >= 11 is 0. The Morgan fingerprint density at radius 1 is 0.906 bits per heavy atom. The molecule has 0 bridgehead atoms. The first-order chi connectivity index (χ1) is 15.3. The van der Waals surface area contributed by atoms with Crippen LogP contribution in [0.15, 0.2) is 59.6 Å². The molecule has 0 saturated carbocycles. The summed E-state index contributed by atoms with van der Waals surface area (Å²) in [4.78, 5) is 20.2. The zero-order valence-corrected chi connectivity index (χ0v) is 17.1. The SMILES string of the molecule is CC(C)C(Nc1cc(C(F)(F)F)nc(-c2cccnc2)n1)c1nc(-c2ccncc2)no1. The van der Waals surface area contributed by atoms with Gasteiger partial charge < -0.3 is 9.84 Å². The molecule has 0 aliphatic rings. The third kappa shape index (κ3) is 4.71. The number of halogens is 3. The Kier molecular flexibility index (Phi) is 5.80.